The predicted octanol–water partition coefficient (Wildman–Crippen LogP) is 5.16. The minimum Gasteiger partial charge on any atom is -0.282 e. The lowest BCUT2D eigenvalue weighted by Gasteiger charge is -2.03. The topological polar surface area (TPSA) is 115 Å². The molecular formula is C16H12N4O3S. The summed E-state index contributed by atoms with van der Waals surface area (Å²) in [5, 5.41) is 13.1. The first kappa shape index (κ1) is 15.9. The number of hydrogen-bond donors (Lipinski definition) is 2. The van der Waals surface area contributed by atoms with Crippen LogP contribution in [0.4, 0.5) is 17.1 Å². The minimum absolute atomic E-state index is 0.0843. The van der Waals surface area contributed by atoms with Crippen LogP contribution in [-0.2, 0) is 10.1 Å². The third-order valence-electron chi connectivity index (χ3n) is 3.38. The molecule has 3 aromatic carbocycles. The van der Waals surface area contributed by atoms with E-state index in [0.717, 1.165) is 16.8 Å². The van der Waals surface area contributed by atoms with Crippen LogP contribution in [-0.4, -0.2) is 13.0 Å². The highest BCUT2D eigenvalue weighted by Crippen LogP contribution is 2.32. The highest BCUT2D eigenvalue weighted by molar-refractivity contribution is 7.86. The van der Waals surface area contributed by atoms with Crippen molar-refractivity contribution in [3.05, 3.63) is 60.7 Å². The lowest BCUT2D eigenvalue weighted by Crippen LogP contribution is -1.97. The van der Waals surface area contributed by atoms with Gasteiger partial charge in [-0.3, -0.25) is 4.55 Å². The average Bonchev–Trinajstić information content (AvgIpc) is 2.58. The first-order chi connectivity index (χ1) is 11.5. The number of azo groups is 1. The van der Waals surface area contributed by atoms with Crippen LogP contribution in [0.25, 0.3) is 10.8 Å². The van der Waals surface area contributed by atoms with Gasteiger partial charge in [0, 0.05) is 5.39 Å². The van der Waals surface area contributed by atoms with E-state index >= 15 is 0 Å². The van der Waals surface area contributed by atoms with Crippen LogP contribution in [0, 0.1) is 5.53 Å². The van der Waals surface area contributed by atoms with Crippen molar-refractivity contribution in [1.82, 2.24) is 0 Å². The number of rotatable bonds is 4. The molecule has 8 heteroatoms. The SMILES string of the molecule is N=Nc1ccc(S(=O)(=O)O)c(N=Nc2cccc3ccccc23)c1. The zero-order chi connectivity index (χ0) is 17.2. The molecule has 0 aromatic heterocycles. The third kappa shape index (κ3) is 3.19. The minimum atomic E-state index is -4.46. The molecule has 0 saturated heterocycles. The van der Waals surface area contributed by atoms with Crippen LogP contribution in [0.3, 0.4) is 0 Å². The van der Waals surface area contributed by atoms with E-state index in [1.165, 1.54) is 12.1 Å². The molecular weight excluding hydrogens is 328 g/mol. The van der Waals surface area contributed by atoms with Crippen LogP contribution in [0.1, 0.15) is 0 Å². The summed E-state index contributed by atoms with van der Waals surface area (Å²) < 4.78 is 32.2. The van der Waals surface area contributed by atoms with Gasteiger partial charge in [0.1, 0.15) is 10.6 Å². The fourth-order valence-corrected chi connectivity index (χ4v) is 2.88. The summed E-state index contributed by atoms with van der Waals surface area (Å²) in [7, 11) is -4.46. The van der Waals surface area contributed by atoms with Crippen molar-refractivity contribution in [3.8, 4) is 0 Å². The number of hydrogen-bond acceptors (Lipinski definition) is 6. The summed E-state index contributed by atoms with van der Waals surface area (Å²) in [5.74, 6) is 0. The van der Waals surface area contributed by atoms with Gasteiger partial charge in [0.25, 0.3) is 10.1 Å². The first-order valence-electron chi connectivity index (χ1n) is 6.87. The Balaban J connectivity index is 2.13. The van der Waals surface area contributed by atoms with Crippen molar-refractivity contribution in [1.29, 1.82) is 5.53 Å². The Morgan fingerprint density at radius 3 is 2.33 bits per heavy atom. The Labute approximate surface area is 137 Å². The van der Waals surface area contributed by atoms with Crippen LogP contribution >= 0.6 is 0 Å². The molecule has 0 bridgehead atoms. The van der Waals surface area contributed by atoms with Gasteiger partial charge in [-0.15, -0.1) is 10.2 Å². The van der Waals surface area contributed by atoms with E-state index in [1.807, 2.05) is 36.4 Å². The van der Waals surface area contributed by atoms with E-state index in [9.17, 15) is 13.0 Å². The maximum absolute atomic E-state index is 11.5. The molecule has 0 aliphatic heterocycles. The lowest BCUT2D eigenvalue weighted by atomic mass is 10.1. The van der Waals surface area contributed by atoms with Crippen molar-refractivity contribution in [2.24, 2.45) is 15.3 Å². The van der Waals surface area contributed by atoms with Gasteiger partial charge in [0.15, 0.2) is 0 Å². The smallest absolute Gasteiger partial charge is 0.282 e. The zero-order valence-electron chi connectivity index (χ0n) is 12.3. The van der Waals surface area contributed by atoms with Gasteiger partial charge in [-0.05, 0) is 29.7 Å². The van der Waals surface area contributed by atoms with Crippen LogP contribution < -0.4 is 0 Å². The molecule has 0 unspecified atom stereocenters. The molecule has 2 N–H and O–H groups in total. The standard InChI is InChI=1S/C16H12N4O3S/c17-18-12-8-9-16(24(21,22)23)15(10-12)20-19-14-7-3-5-11-4-1-2-6-13(11)14/h1-10,17H,(H,21,22,23). The highest BCUT2D eigenvalue weighted by atomic mass is 32.2. The van der Waals surface area contributed by atoms with E-state index in [-0.39, 0.29) is 16.3 Å². The Morgan fingerprint density at radius 1 is 0.875 bits per heavy atom. The van der Waals surface area contributed by atoms with E-state index in [4.69, 9.17) is 5.53 Å². The molecule has 120 valence electrons. The zero-order valence-corrected chi connectivity index (χ0v) is 13.1. The Morgan fingerprint density at radius 2 is 1.58 bits per heavy atom. The highest BCUT2D eigenvalue weighted by Gasteiger charge is 2.16. The molecule has 0 amide bonds. The van der Waals surface area contributed by atoms with Gasteiger partial charge in [-0.1, -0.05) is 36.4 Å². The normalized spacial score (nSPS) is 11.9. The van der Waals surface area contributed by atoms with Crippen LogP contribution in [0.5, 0.6) is 0 Å². The molecule has 0 spiro atoms. The van der Waals surface area contributed by atoms with E-state index in [1.54, 1.807) is 6.07 Å². The Bertz CT molecular complexity index is 1060. The molecule has 0 fully saturated rings. The number of fused-ring (bicyclic) bond motifs is 1. The molecule has 0 heterocycles. The second-order valence-electron chi connectivity index (χ2n) is 4.94. The predicted molar refractivity (Wildman–Crippen MR) is 89.2 cm³/mol. The molecule has 3 rings (SSSR count). The van der Waals surface area contributed by atoms with Gasteiger partial charge >= 0.3 is 0 Å². The summed E-state index contributed by atoms with van der Waals surface area (Å²) >= 11 is 0. The van der Waals surface area contributed by atoms with E-state index in [2.05, 4.69) is 15.3 Å². The van der Waals surface area contributed by atoms with Gasteiger partial charge in [-0.2, -0.15) is 13.5 Å². The monoisotopic (exact) mass is 340 g/mol. The van der Waals surface area contributed by atoms with Gasteiger partial charge in [0.05, 0.1) is 11.4 Å². The molecule has 0 atom stereocenters. The summed E-state index contributed by atoms with van der Waals surface area (Å²) in [5.41, 5.74) is 7.69. The molecule has 0 radical (unpaired) electrons. The van der Waals surface area contributed by atoms with Crippen molar-refractivity contribution in [2.45, 2.75) is 4.90 Å². The van der Waals surface area contributed by atoms with Crippen molar-refractivity contribution in [2.75, 3.05) is 0 Å². The van der Waals surface area contributed by atoms with Gasteiger partial charge < -0.3 is 0 Å². The van der Waals surface area contributed by atoms with Crippen molar-refractivity contribution in [3.63, 3.8) is 0 Å². The lowest BCUT2D eigenvalue weighted by molar-refractivity contribution is 0.483. The maximum Gasteiger partial charge on any atom is 0.296 e. The molecule has 7 nitrogen and oxygen atoms in total. The molecule has 3 aromatic rings. The molecule has 24 heavy (non-hydrogen) atoms. The van der Waals surface area contributed by atoms with Crippen molar-refractivity contribution >= 4 is 38.0 Å². The largest absolute Gasteiger partial charge is 0.296 e. The summed E-state index contributed by atoms with van der Waals surface area (Å²) in [4.78, 5) is -0.390. The Hall–Kier alpha value is -2.97. The Kier molecular flexibility index (Phi) is 4.15. The second-order valence-corrected chi connectivity index (χ2v) is 6.33. The number of nitrogens with one attached hydrogen (secondary N) is 1. The molecule has 0 aliphatic rings. The van der Waals surface area contributed by atoms with Gasteiger partial charge in [-0.25, -0.2) is 5.53 Å². The quantitative estimate of drug-likeness (QED) is 0.504. The maximum atomic E-state index is 11.5. The fourth-order valence-electron chi connectivity index (χ4n) is 2.27. The average molecular weight is 340 g/mol. The van der Waals surface area contributed by atoms with Crippen LogP contribution in [0.2, 0.25) is 0 Å². The first-order valence-corrected chi connectivity index (χ1v) is 8.31. The van der Waals surface area contributed by atoms with E-state index < -0.39 is 10.1 Å². The third-order valence-corrected chi connectivity index (χ3v) is 4.28. The second kappa shape index (κ2) is 6.26. The summed E-state index contributed by atoms with van der Waals surface area (Å²) in [6.45, 7) is 0. The van der Waals surface area contributed by atoms with Crippen molar-refractivity contribution < 1.29 is 13.0 Å². The van der Waals surface area contributed by atoms with E-state index in [0.29, 0.717) is 5.69 Å². The number of nitrogens with zero attached hydrogens (tertiary/aromatic N) is 3. The summed E-state index contributed by atoms with van der Waals surface area (Å²) in [6, 6.07) is 16.8. The van der Waals surface area contributed by atoms with Crippen LogP contribution in [0.15, 0.2) is 80.9 Å². The fraction of sp³-hybridized carbons (Fsp3) is 0. The summed E-state index contributed by atoms with van der Waals surface area (Å²) in [6.07, 6.45) is 0. The molecule has 0 aliphatic carbocycles. The number of benzene rings is 3. The molecule has 0 saturated carbocycles. The van der Waals surface area contributed by atoms with Gasteiger partial charge in [0.2, 0.25) is 0 Å².